The van der Waals surface area contributed by atoms with Crippen molar-refractivity contribution in [2.45, 2.75) is 38.8 Å². The lowest BCUT2D eigenvalue weighted by molar-refractivity contribution is -0.140. The number of rotatable bonds is 6. The summed E-state index contributed by atoms with van der Waals surface area (Å²) in [5.41, 5.74) is 3.05. The molecular weight excluding hydrogens is 400 g/mol. The van der Waals surface area contributed by atoms with Crippen LogP contribution in [0.1, 0.15) is 47.9 Å². The third-order valence-electron chi connectivity index (χ3n) is 6.13. The van der Waals surface area contributed by atoms with E-state index in [4.69, 9.17) is 10.5 Å². The Morgan fingerprint density at radius 1 is 0.781 bits per heavy atom. The maximum absolute atomic E-state index is 12.9. The predicted molar refractivity (Wildman–Crippen MR) is 121 cm³/mol. The second-order valence-corrected chi connectivity index (χ2v) is 8.56. The first-order valence-electron chi connectivity index (χ1n) is 10.9. The van der Waals surface area contributed by atoms with Gasteiger partial charge in [-0.1, -0.05) is 24.3 Å². The number of nitrogens with zero attached hydrogens (tertiary/aromatic N) is 4. The second kappa shape index (κ2) is 10.6. The van der Waals surface area contributed by atoms with Crippen LogP contribution in [-0.4, -0.2) is 35.7 Å². The normalized spacial score (nSPS) is 17.6. The SMILES string of the molecule is CN(Cc1cccc(C#N)c1)C(=O)C1CCC(C(=O)N(C)Cc2cccc(C#N)c2)CC1. The molecule has 6 heteroatoms. The minimum absolute atomic E-state index is 0.0687. The van der Waals surface area contributed by atoms with Crippen LogP contribution in [0.15, 0.2) is 48.5 Å². The Hall–Kier alpha value is -3.64. The summed E-state index contributed by atoms with van der Waals surface area (Å²) < 4.78 is 0. The van der Waals surface area contributed by atoms with Crippen LogP contribution in [0.5, 0.6) is 0 Å². The minimum atomic E-state index is -0.0687. The van der Waals surface area contributed by atoms with Crippen LogP contribution in [0.2, 0.25) is 0 Å². The number of carbonyl (C=O) groups excluding carboxylic acids is 2. The molecule has 0 bridgehead atoms. The zero-order valence-corrected chi connectivity index (χ0v) is 18.6. The van der Waals surface area contributed by atoms with Crippen molar-refractivity contribution in [1.29, 1.82) is 10.5 Å². The topological polar surface area (TPSA) is 88.2 Å². The van der Waals surface area contributed by atoms with Crippen LogP contribution in [-0.2, 0) is 22.7 Å². The summed E-state index contributed by atoms with van der Waals surface area (Å²) in [5, 5.41) is 18.1. The molecule has 32 heavy (non-hydrogen) atoms. The van der Waals surface area contributed by atoms with Crippen molar-refractivity contribution in [3.8, 4) is 12.1 Å². The number of hydrogen-bond acceptors (Lipinski definition) is 4. The monoisotopic (exact) mass is 428 g/mol. The maximum atomic E-state index is 12.9. The highest BCUT2D eigenvalue weighted by atomic mass is 16.2. The molecule has 0 atom stereocenters. The molecule has 2 amide bonds. The summed E-state index contributed by atoms with van der Waals surface area (Å²) >= 11 is 0. The van der Waals surface area contributed by atoms with Gasteiger partial charge in [-0.3, -0.25) is 9.59 Å². The van der Waals surface area contributed by atoms with Crippen molar-refractivity contribution < 1.29 is 9.59 Å². The average molecular weight is 429 g/mol. The predicted octanol–water partition coefficient (Wildman–Crippen LogP) is 3.85. The van der Waals surface area contributed by atoms with Gasteiger partial charge in [0.2, 0.25) is 11.8 Å². The Morgan fingerprint density at radius 3 is 1.50 bits per heavy atom. The lowest BCUT2D eigenvalue weighted by atomic mass is 9.80. The summed E-state index contributed by atoms with van der Waals surface area (Å²) in [7, 11) is 3.59. The summed E-state index contributed by atoms with van der Waals surface area (Å²) in [6, 6.07) is 18.9. The van der Waals surface area contributed by atoms with Crippen molar-refractivity contribution >= 4 is 11.8 Å². The van der Waals surface area contributed by atoms with E-state index >= 15 is 0 Å². The Bertz CT molecular complexity index is 972. The van der Waals surface area contributed by atoms with E-state index in [1.807, 2.05) is 36.4 Å². The standard InChI is InChI=1S/C26H28N4O2/c1-29(17-21-7-3-5-19(13-21)15-27)25(31)23-9-11-24(12-10-23)26(32)30(2)18-22-8-4-6-20(14-22)16-28/h3-8,13-14,23-24H,9-12,17-18H2,1-2H3. The molecule has 0 unspecified atom stereocenters. The van der Waals surface area contributed by atoms with Gasteiger partial charge in [-0.05, 0) is 61.1 Å². The molecule has 2 aromatic carbocycles. The molecule has 0 aromatic heterocycles. The van der Waals surface area contributed by atoms with Gasteiger partial charge in [0.05, 0.1) is 23.3 Å². The molecule has 3 rings (SSSR count). The largest absolute Gasteiger partial charge is 0.341 e. The molecule has 0 heterocycles. The molecule has 0 radical (unpaired) electrons. The van der Waals surface area contributed by atoms with Crippen molar-refractivity contribution in [3.63, 3.8) is 0 Å². The first kappa shape index (κ1) is 23.0. The highest BCUT2D eigenvalue weighted by Gasteiger charge is 2.32. The molecule has 1 fully saturated rings. The third kappa shape index (κ3) is 5.74. The first-order chi connectivity index (χ1) is 15.4. The average Bonchev–Trinajstić information content (AvgIpc) is 2.83. The molecule has 1 aliphatic rings. The quantitative estimate of drug-likeness (QED) is 0.699. The van der Waals surface area contributed by atoms with Crippen LogP contribution in [0, 0.1) is 34.5 Å². The van der Waals surface area contributed by atoms with Gasteiger partial charge in [0.1, 0.15) is 0 Å². The van der Waals surface area contributed by atoms with E-state index in [-0.39, 0.29) is 23.7 Å². The zero-order valence-electron chi connectivity index (χ0n) is 18.6. The Balaban J connectivity index is 1.51. The first-order valence-corrected chi connectivity index (χ1v) is 10.9. The summed E-state index contributed by atoms with van der Waals surface area (Å²) in [6.07, 6.45) is 2.82. The van der Waals surface area contributed by atoms with Crippen LogP contribution in [0.4, 0.5) is 0 Å². The van der Waals surface area contributed by atoms with Gasteiger partial charge in [0.25, 0.3) is 0 Å². The van der Waals surface area contributed by atoms with Gasteiger partial charge in [-0.15, -0.1) is 0 Å². The Kier molecular flexibility index (Phi) is 7.63. The summed E-state index contributed by atoms with van der Waals surface area (Å²) in [5.74, 6) is 0.0569. The fraction of sp³-hybridized carbons (Fsp3) is 0.385. The van der Waals surface area contributed by atoms with E-state index < -0.39 is 0 Å². The molecule has 2 aromatic rings. The fourth-order valence-corrected chi connectivity index (χ4v) is 4.39. The highest BCUT2D eigenvalue weighted by molar-refractivity contribution is 5.81. The fourth-order valence-electron chi connectivity index (χ4n) is 4.39. The lowest BCUT2D eigenvalue weighted by Crippen LogP contribution is -2.38. The van der Waals surface area contributed by atoms with E-state index in [2.05, 4.69) is 12.1 Å². The van der Waals surface area contributed by atoms with E-state index in [1.165, 1.54) is 0 Å². The molecule has 0 spiro atoms. The number of amides is 2. The third-order valence-corrected chi connectivity index (χ3v) is 6.13. The van der Waals surface area contributed by atoms with Crippen LogP contribution in [0.3, 0.4) is 0 Å². The van der Waals surface area contributed by atoms with Crippen molar-refractivity contribution in [3.05, 3.63) is 70.8 Å². The number of nitriles is 2. The van der Waals surface area contributed by atoms with Gasteiger partial charge in [0, 0.05) is 39.0 Å². The molecule has 164 valence electrons. The van der Waals surface area contributed by atoms with Crippen molar-refractivity contribution in [2.24, 2.45) is 11.8 Å². The second-order valence-electron chi connectivity index (χ2n) is 8.56. The molecular formula is C26H28N4O2. The van der Waals surface area contributed by atoms with Gasteiger partial charge >= 0.3 is 0 Å². The van der Waals surface area contributed by atoms with Crippen molar-refractivity contribution in [1.82, 2.24) is 9.80 Å². The highest BCUT2D eigenvalue weighted by Crippen LogP contribution is 2.31. The van der Waals surface area contributed by atoms with Crippen LogP contribution >= 0.6 is 0 Å². The van der Waals surface area contributed by atoms with Gasteiger partial charge in [-0.25, -0.2) is 0 Å². The van der Waals surface area contributed by atoms with E-state index in [0.717, 1.165) is 11.1 Å². The summed E-state index contributed by atoms with van der Waals surface area (Å²) in [6.45, 7) is 0.940. The Labute approximate surface area is 189 Å². The van der Waals surface area contributed by atoms with E-state index in [0.29, 0.717) is 49.9 Å². The molecule has 0 saturated heterocycles. The zero-order chi connectivity index (χ0) is 23.1. The van der Waals surface area contributed by atoms with Gasteiger partial charge < -0.3 is 9.80 Å². The number of carbonyl (C=O) groups is 2. The van der Waals surface area contributed by atoms with Gasteiger partial charge in [0.15, 0.2) is 0 Å². The molecule has 1 aliphatic carbocycles. The van der Waals surface area contributed by atoms with Crippen molar-refractivity contribution in [2.75, 3.05) is 14.1 Å². The molecule has 6 nitrogen and oxygen atoms in total. The molecule has 1 saturated carbocycles. The molecule has 0 aliphatic heterocycles. The Morgan fingerprint density at radius 2 is 1.16 bits per heavy atom. The smallest absolute Gasteiger partial charge is 0.225 e. The van der Waals surface area contributed by atoms with Gasteiger partial charge in [-0.2, -0.15) is 10.5 Å². The maximum Gasteiger partial charge on any atom is 0.225 e. The van der Waals surface area contributed by atoms with Crippen LogP contribution < -0.4 is 0 Å². The number of benzene rings is 2. The summed E-state index contributed by atoms with van der Waals surface area (Å²) in [4.78, 5) is 29.3. The number of hydrogen-bond donors (Lipinski definition) is 0. The van der Waals surface area contributed by atoms with E-state index in [9.17, 15) is 9.59 Å². The molecule has 0 N–H and O–H groups in total. The van der Waals surface area contributed by atoms with E-state index in [1.54, 1.807) is 36.0 Å². The van der Waals surface area contributed by atoms with Crippen LogP contribution in [0.25, 0.3) is 0 Å². The minimum Gasteiger partial charge on any atom is -0.341 e. The lowest BCUT2D eigenvalue weighted by Gasteiger charge is -2.32.